The van der Waals surface area contributed by atoms with E-state index in [0.29, 0.717) is 5.75 Å². The van der Waals surface area contributed by atoms with Crippen LogP contribution in [0, 0.1) is 5.41 Å². The summed E-state index contributed by atoms with van der Waals surface area (Å²) in [5.41, 5.74) is 7.72. The lowest BCUT2D eigenvalue weighted by molar-refractivity contribution is 0.342. The average Bonchev–Trinajstić information content (AvgIpc) is 2.75. The van der Waals surface area contributed by atoms with Crippen LogP contribution >= 0.6 is 0 Å². The molecule has 0 unspecified atom stereocenters. The first-order valence-electron chi connectivity index (χ1n) is 11.4. The summed E-state index contributed by atoms with van der Waals surface area (Å²) >= 11 is 0. The first-order chi connectivity index (χ1) is 14.8. The predicted molar refractivity (Wildman–Crippen MR) is 130 cm³/mol. The van der Waals surface area contributed by atoms with Crippen molar-refractivity contribution in [3.8, 4) is 5.75 Å². The van der Waals surface area contributed by atoms with E-state index in [-0.39, 0.29) is 11.5 Å². The molecule has 0 spiro atoms. The summed E-state index contributed by atoms with van der Waals surface area (Å²) in [5, 5.41) is 11.5. The van der Waals surface area contributed by atoms with Gasteiger partial charge in [-0.1, -0.05) is 87.5 Å². The smallest absolute Gasteiger partial charge is 0.128 e. The number of aromatic hydroxyl groups is 1. The van der Waals surface area contributed by atoms with Crippen LogP contribution in [0.4, 0.5) is 0 Å². The Morgan fingerprint density at radius 2 is 1.32 bits per heavy atom. The molecule has 0 aliphatic heterocycles. The molecule has 0 saturated carbocycles. The van der Waals surface area contributed by atoms with E-state index in [1.165, 1.54) is 11.1 Å². The van der Waals surface area contributed by atoms with Crippen molar-refractivity contribution >= 4 is 5.71 Å². The van der Waals surface area contributed by atoms with Crippen molar-refractivity contribution in [2.45, 2.75) is 59.4 Å². The van der Waals surface area contributed by atoms with Crippen molar-refractivity contribution in [3.05, 3.63) is 100 Å². The summed E-state index contributed by atoms with van der Waals surface area (Å²) in [6.07, 6.45) is 3.55. The van der Waals surface area contributed by atoms with Crippen LogP contribution in [0.5, 0.6) is 5.75 Å². The van der Waals surface area contributed by atoms with Crippen LogP contribution in [0.15, 0.2) is 71.7 Å². The largest absolute Gasteiger partial charge is 0.507 e. The van der Waals surface area contributed by atoms with Crippen LogP contribution in [0.1, 0.15) is 61.1 Å². The van der Waals surface area contributed by atoms with Crippen LogP contribution < -0.4 is 0 Å². The Balaban J connectivity index is 1.89. The summed E-state index contributed by atoms with van der Waals surface area (Å²) in [7, 11) is 0. The highest BCUT2D eigenvalue weighted by molar-refractivity contribution is 6.15. The Bertz CT molecular complexity index is 1070. The Morgan fingerprint density at radius 3 is 1.90 bits per heavy atom. The second-order valence-corrected chi connectivity index (χ2v) is 9.81. The first kappa shape index (κ1) is 21.4. The number of aryl methyl sites for hydroxylation is 4. The monoisotopic (exact) mass is 411 g/mol. The van der Waals surface area contributed by atoms with E-state index in [0.717, 1.165) is 53.6 Å². The Hall–Kier alpha value is -2.87. The van der Waals surface area contributed by atoms with Gasteiger partial charge in [-0.25, -0.2) is 0 Å². The lowest BCUT2D eigenvalue weighted by Gasteiger charge is -2.26. The van der Waals surface area contributed by atoms with Crippen molar-refractivity contribution in [2.75, 3.05) is 0 Å². The van der Waals surface area contributed by atoms with Gasteiger partial charge in [-0.2, -0.15) is 0 Å². The number of hydrogen-bond donors (Lipinski definition) is 1. The maximum Gasteiger partial charge on any atom is 0.128 e. The molecular formula is C29H33NO. The zero-order chi connectivity index (χ0) is 22.0. The normalized spacial score (nSPS) is 15.4. The molecule has 31 heavy (non-hydrogen) atoms. The summed E-state index contributed by atoms with van der Waals surface area (Å²) in [5.74, 6) is 0.399. The van der Waals surface area contributed by atoms with Gasteiger partial charge in [-0.15, -0.1) is 0 Å². The van der Waals surface area contributed by atoms with Crippen LogP contribution in [0.25, 0.3) is 0 Å². The van der Waals surface area contributed by atoms with Gasteiger partial charge in [0.15, 0.2) is 0 Å². The minimum atomic E-state index is 0.0372. The molecule has 4 bridgehead atoms. The van der Waals surface area contributed by atoms with E-state index in [9.17, 15) is 5.11 Å². The highest BCUT2D eigenvalue weighted by Crippen LogP contribution is 2.33. The third-order valence-corrected chi connectivity index (χ3v) is 6.60. The number of nitrogens with zero attached hydrogens (tertiary/aromatic N) is 1. The second kappa shape index (κ2) is 8.70. The Kier molecular flexibility index (Phi) is 6.00. The second-order valence-electron chi connectivity index (χ2n) is 9.81. The van der Waals surface area contributed by atoms with Crippen LogP contribution in [0.2, 0.25) is 0 Å². The molecule has 160 valence electrons. The molecule has 0 aromatic heterocycles. The predicted octanol–water partition coefficient (Wildman–Crippen LogP) is 6.55. The molecule has 1 N–H and O–H groups in total. The highest BCUT2D eigenvalue weighted by Gasteiger charge is 2.24. The van der Waals surface area contributed by atoms with Gasteiger partial charge >= 0.3 is 0 Å². The summed E-state index contributed by atoms with van der Waals surface area (Å²) in [6.45, 7) is 8.82. The standard InChI is InChI=1S/C29H33NO/c1-20(29(2,3)4)30-27(24-8-6-5-7-9-24)26-23-16-14-21-10-12-22(13-11-21)15-17-25(19-18-23)28(26)31/h5-13,18-20,31H,14-17H2,1-4H3/t20-/m0/s1. The number of hydrogen-bond acceptors (Lipinski definition) is 2. The molecule has 2 heteroatoms. The van der Waals surface area contributed by atoms with Gasteiger partial charge in [0, 0.05) is 11.1 Å². The molecule has 4 aliphatic rings. The van der Waals surface area contributed by atoms with Crippen molar-refractivity contribution < 1.29 is 5.11 Å². The number of aliphatic imine (C=N–C) groups is 1. The zero-order valence-electron chi connectivity index (χ0n) is 19.2. The molecule has 7 rings (SSSR count). The SMILES string of the molecule is C[C@H](N=C(c1ccccc1)c1c2ccc(c1O)CCc1ccc(cc1)CC2)C(C)(C)C. The fourth-order valence-electron chi connectivity index (χ4n) is 4.05. The molecule has 0 saturated heterocycles. The molecular weight excluding hydrogens is 378 g/mol. The van der Waals surface area contributed by atoms with Gasteiger partial charge in [0.2, 0.25) is 0 Å². The number of rotatable bonds is 3. The van der Waals surface area contributed by atoms with Crippen LogP contribution in [0.3, 0.4) is 0 Å². The molecule has 2 nitrogen and oxygen atoms in total. The van der Waals surface area contributed by atoms with Crippen molar-refractivity contribution in [3.63, 3.8) is 0 Å². The van der Waals surface area contributed by atoms with Crippen molar-refractivity contribution in [1.82, 2.24) is 0 Å². The van der Waals surface area contributed by atoms with Gasteiger partial charge in [-0.3, -0.25) is 4.99 Å². The van der Waals surface area contributed by atoms with Gasteiger partial charge in [0.05, 0.1) is 11.8 Å². The van der Waals surface area contributed by atoms with Crippen molar-refractivity contribution in [2.24, 2.45) is 10.4 Å². The topological polar surface area (TPSA) is 32.6 Å². The number of benzene rings is 3. The lowest BCUT2D eigenvalue weighted by atomic mass is 9.86. The summed E-state index contributed by atoms with van der Waals surface area (Å²) in [6, 6.07) is 23.7. The van der Waals surface area contributed by atoms with E-state index < -0.39 is 0 Å². The fraction of sp³-hybridized carbons (Fsp3) is 0.345. The van der Waals surface area contributed by atoms with Gasteiger partial charge in [0.25, 0.3) is 0 Å². The van der Waals surface area contributed by atoms with Crippen LogP contribution in [-0.2, 0) is 25.7 Å². The maximum absolute atomic E-state index is 11.5. The van der Waals surface area contributed by atoms with E-state index in [4.69, 9.17) is 4.99 Å². The zero-order valence-corrected chi connectivity index (χ0v) is 19.2. The third kappa shape index (κ3) is 4.74. The van der Waals surface area contributed by atoms with Gasteiger partial charge in [0.1, 0.15) is 5.75 Å². The van der Waals surface area contributed by atoms with E-state index >= 15 is 0 Å². The fourth-order valence-corrected chi connectivity index (χ4v) is 4.05. The quantitative estimate of drug-likeness (QED) is 0.487. The van der Waals surface area contributed by atoms with Gasteiger partial charge in [-0.05, 0) is 60.3 Å². The summed E-state index contributed by atoms with van der Waals surface area (Å²) in [4.78, 5) is 5.22. The summed E-state index contributed by atoms with van der Waals surface area (Å²) < 4.78 is 0. The molecule has 3 aromatic carbocycles. The number of phenolic OH excluding ortho intramolecular Hbond substituents is 1. The third-order valence-electron chi connectivity index (χ3n) is 6.60. The average molecular weight is 412 g/mol. The van der Waals surface area contributed by atoms with Gasteiger partial charge < -0.3 is 5.11 Å². The minimum absolute atomic E-state index is 0.0372. The molecule has 3 aromatic rings. The van der Waals surface area contributed by atoms with Crippen LogP contribution in [-0.4, -0.2) is 16.9 Å². The van der Waals surface area contributed by atoms with Crippen molar-refractivity contribution in [1.29, 1.82) is 0 Å². The highest BCUT2D eigenvalue weighted by atomic mass is 16.3. The minimum Gasteiger partial charge on any atom is -0.507 e. The first-order valence-corrected chi connectivity index (χ1v) is 11.4. The maximum atomic E-state index is 11.5. The van der Waals surface area contributed by atoms with E-state index in [1.807, 2.05) is 18.2 Å². The Labute approximate surface area is 186 Å². The molecule has 0 heterocycles. The molecule has 0 amide bonds. The Morgan fingerprint density at radius 1 is 0.774 bits per heavy atom. The molecule has 0 radical (unpaired) electrons. The van der Waals surface area contributed by atoms with E-state index in [2.05, 4.69) is 76.2 Å². The van der Waals surface area contributed by atoms with E-state index in [1.54, 1.807) is 0 Å². The molecule has 0 fully saturated rings. The number of phenols is 1. The molecule has 1 atom stereocenters. The molecule has 4 aliphatic carbocycles. The lowest BCUT2D eigenvalue weighted by Crippen LogP contribution is -2.23.